The van der Waals surface area contributed by atoms with Crippen molar-refractivity contribution >= 4 is 33.6 Å². The fourth-order valence-corrected chi connectivity index (χ4v) is 2.63. The van der Waals surface area contributed by atoms with Gasteiger partial charge in [0.15, 0.2) is 11.5 Å². The molecule has 6 nitrogen and oxygen atoms in total. The Morgan fingerprint density at radius 1 is 1.31 bits per heavy atom. The maximum absolute atomic E-state index is 12.5. The van der Waals surface area contributed by atoms with Crippen molar-refractivity contribution in [2.75, 3.05) is 0 Å². The van der Waals surface area contributed by atoms with E-state index in [4.69, 9.17) is 0 Å². The molecule has 0 fully saturated rings. The molecule has 134 valence electrons. The van der Waals surface area contributed by atoms with Crippen molar-refractivity contribution in [3.05, 3.63) is 64.5 Å². The Labute approximate surface area is 155 Å². The molecular formula is C17H13BrF2N4O2. The first kappa shape index (κ1) is 18.0. The summed E-state index contributed by atoms with van der Waals surface area (Å²) in [6.45, 7) is -2.77. The summed E-state index contributed by atoms with van der Waals surface area (Å²) in [7, 11) is 0. The molecule has 2 aromatic heterocycles. The number of carbonyl (C=O) groups excluding carboxylic acids is 1. The molecule has 2 heterocycles. The number of pyridine rings is 1. The Bertz CT molecular complexity index is 959. The predicted octanol–water partition coefficient (Wildman–Crippen LogP) is 3.42. The number of rotatable bonds is 6. The molecule has 1 N–H and O–H groups in total. The molecule has 9 heteroatoms. The Morgan fingerprint density at radius 2 is 2.15 bits per heavy atom. The molecule has 0 unspecified atom stereocenters. The highest BCUT2D eigenvalue weighted by Crippen LogP contribution is 2.25. The van der Waals surface area contributed by atoms with Crippen LogP contribution in [0.3, 0.4) is 0 Å². The zero-order valence-electron chi connectivity index (χ0n) is 13.3. The van der Waals surface area contributed by atoms with Gasteiger partial charge in [-0.1, -0.05) is 22.0 Å². The van der Waals surface area contributed by atoms with Crippen LogP contribution in [0.4, 0.5) is 8.78 Å². The molecule has 0 spiro atoms. The lowest BCUT2D eigenvalue weighted by Crippen LogP contribution is -2.21. The van der Waals surface area contributed by atoms with Crippen LogP contribution >= 0.6 is 15.9 Å². The van der Waals surface area contributed by atoms with Crippen LogP contribution < -0.4 is 10.1 Å². The summed E-state index contributed by atoms with van der Waals surface area (Å²) < 4.78 is 31.8. The molecule has 0 atom stereocenters. The van der Waals surface area contributed by atoms with Gasteiger partial charge in [-0.3, -0.25) is 9.20 Å². The van der Waals surface area contributed by atoms with Crippen LogP contribution in [0.1, 0.15) is 11.4 Å². The molecule has 0 aliphatic carbocycles. The molecule has 1 amide bonds. The van der Waals surface area contributed by atoms with Crippen molar-refractivity contribution in [1.29, 1.82) is 0 Å². The van der Waals surface area contributed by atoms with Crippen molar-refractivity contribution in [3.63, 3.8) is 0 Å². The summed E-state index contributed by atoms with van der Waals surface area (Å²) in [5, 5.41) is 10.7. The zero-order chi connectivity index (χ0) is 18.5. The highest BCUT2D eigenvalue weighted by molar-refractivity contribution is 9.10. The van der Waals surface area contributed by atoms with E-state index in [0.29, 0.717) is 21.5 Å². The van der Waals surface area contributed by atoms with Crippen molar-refractivity contribution in [1.82, 2.24) is 19.9 Å². The van der Waals surface area contributed by atoms with Gasteiger partial charge in [0.2, 0.25) is 5.91 Å². The predicted molar refractivity (Wildman–Crippen MR) is 94.6 cm³/mol. The SMILES string of the molecule is O=C(/C=C/c1cc(Br)ccc1OC(F)F)NCc1nnc2ccccn12. The molecule has 0 bridgehead atoms. The van der Waals surface area contributed by atoms with Crippen LogP contribution in [0.5, 0.6) is 5.75 Å². The molecule has 3 rings (SSSR count). The maximum Gasteiger partial charge on any atom is 0.387 e. The van der Waals surface area contributed by atoms with Crippen LogP contribution in [-0.4, -0.2) is 27.1 Å². The smallest absolute Gasteiger partial charge is 0.387 e. The van der Waals surface area contributed by atoms with Crippen LogP contribution in [-0.2, 0) is 11.3 Å². The van der Waals surface area contributed by atoms with E-state index >= 15 is 0 Å². The third kappa shape index (κ3) is 4.42. The van der Waals surface area contributed by atoms with E-state index < -0.39 is 12.5 Å². The number of alkyl halides is 2. The van der Waals surface area contributed by atoms with E-state index in [9.17, 15) is 13.6 Å². The highest BCUT2D eigenvalue weighted by Gasteiger charge is 2.09. The number of hydrogen-bond acceptors (Lipinski definition) is 4. The van der Waals surface area contributed by atoms with Crippen LogP contribution in [0.2, 0.25) is 0 Å². The van der Waals surface area contributed by atoms with Crippen molar-refractivity contribution in [3.8, 4) is 5.75 Å². The first-order valence-electron chi connectivity index (χ1n) is 7.52. The summed E-state index contributed by atoms with van der Waals surface area (Å²) in [5.41, 5.74) is 1.03. The lowest BCUT2D eigenvalue weighted by molar-refractivity contribution is -0.116. The van der Waals surface area contributed by atoms with Gasteiger partial charge in [0, 0.05) is 22.3 Å². The van der Waals surface area contributed by atoms with E-state index in [-0.39, 0.29) is 12.3 Å². The fourth-order valence-electron chi connectivity index (χ4n) is 2.25. The number of benzene rings is 1. The molecule has 3 aromatic rings. The quantitative estimate of drug-likeness (QED) is 0.617. The minimum absolute atomic E-state index is 0.0179. The largest absolute Gasteiger partial charge is 0.434 e. The third-order valence-electron chi connectivity index (χ3n) is 3.41. The minimum atomic E-state index is -2.95. The summed E-state index contributed by atoms with van der Waals surface area (Å²) in [6.07, 6.45) is 4.44. The van der Waals surface area contributed by atoms with Crippen LogP contribution in [0.15, 0.2) is 53.1 Å². The van der Waals surface area contributed by atoms with Gasteiger partial charge in [0.05, 0.1) is 6.54 Å². The molecule has 0 radical (unpaired) electrons. The summed E-state index contributed by atoms with van der Waals surface area (Å²) in [4.78, 5) is 12.0. The second-order valence-electron chi connectivity index (χ2n) is 5.16. The lowest BCUT2D eigenvalue weighted by Gasteiger charge is -2.08. The zero-order valence-corrected chi connectivity index (χ0v) is 14.9. The summed E-state index contributed by atoms with van der Waals surface area (Å²) in [6, 6.07) is 10.0. The molecule has 26 heavy (non-hydrogen) atoms. The number of halogens is 3. The van der Waals surface area contributed by atoms with E-state index in [1.54, 1.807) is 28.8 Å². The molecule has 0 aliphatic rings. The van der Waals surface area contributed by atoms with Gasteiger partial charge in [0.25, 0.3) is 0 Å². The average Bonchev–Trinajstić information content (AvgIpc) is 3.03. The monoisotopic (exact) mass is 422 g/mol. The molecular weight excluding hydrogens is 410 g/mol. The van der Waals surface area contributed by atoms with Gasteiger partial charge >= 0.3 is 6.61 Å². The van der Waals surface area contributed by atoms with Crippen LogP contribution in [0.25, 0.3) is 11.7 Å². The molecule has 0 saturated heterocycles. The van der Waals surface area contributed by atoms with E-state index in [1.165, 1.54) is 18.2 Å². The van der Waals surface area contributed by atoms with Crippen molar-refractivity contribution in [2.45, 2.75) is 13.2 Å². The fraction of sp³-hybridized carbons (Fsp3) is 0.118. The summed E-state index contributed by atoms with van der Waals surface area (Å²) >= 11 is 3.25. The standard InChI is InChI=1S/C17H13BrF2N4O2/c18-12-5-6-13(26-17(19)20)11(9-12)4-7-16(25)21-10-15-23-22-14-3-1-2-8-24(14)15/h1-9,17H,10H2,(H,21,25)/b7-4+. The van der Waals surface area contributed by atoms with Gasteiger partial charge in [-0.2, -0.15) is 8.78 Å². The Kier molecular flexibility index (Phi) is 5.57. The number of nitrogens with one attached hydrogen (secondary N) is 1. The average molecular weight is 423 g/mol. The second-order valence-corrected chi connectivity index (χ2v) is 6.07. The molecule has 1 aromatic carbocycles. The second kappa shape index (κ2) is 8.05. The first-order chi connectivity index (χ1) is 12.5. The number of fused-ring (bicyclic) bond motifs is 1. The number of nitrogens with zero attached hydrogens (tertiary/aromatic N) is 3. The summed E-state index contributed by atoms with van der Waals surface area (Å²) in [5.74, 6) is 0.155. The number of aromatic nitrogens is 3. The van der Waals surface area contributed by atoms with Crippen LogP contribution in [0, 0.1) is 0 Å². The molecule has 0 aliphatic heterocycles. The Balaban J connectivity index is 1.67. The Morgan fingerprint density at radius 3 is 2.96 bits per heavy atom. The number of carbonyl (C=O) groups is 1. The minimum Gasteiger partial charge on any atom is -0.434 e. The van der Waals surface area contributed by atoms with Gasteiger partial charge in [0.1, 0.15) is 5.75 Å². The maximum atomic E-state index is 12.5. The number of amides is 1. The van der Waals surface area contributed by atoms with Gasteiger partial charge in [-0.25, -0.2) is 0 Å². The van der Waals surface area contributed by atoms with Gasteiger partial charge < -0.3 is 10.1 Å². The molecule has 0 saturated carbocycles. The van der Waals surface area contributed by atoms with Gasteiger partial charge in [-0.05, 0) is 36.4 Å². The number of hydrogen-bond donors (Lipinski definition) is 1. The van der Waals surface area contributed by atoms with E-state index in [1.807, 2.05) is 12.1 Å². The Hall–Kier alpha value is -2.81. The lowest BCUT2D eigenvalue weighted by atomic mass is 10.2. The third-order valence-corrected chi connectivity index (χ3v) is 3.90. The first-order valence-corrected chi connectivity index (χ1v) is 8.31. The normalized spacial score (nSPS) is 11.4. The topological polar surface area (TPSA) is 68.5 Å². The highest BCUT2D eigenvalue weighted by atomic mass is 79.9. The van der Waals surface area contributed by atoms with Gasteiger partial charge in [-0.15, -0.1) is 10.2 Å². The van der Waals surface area contributed by atoms with Crippen molar-refractivity contribution in [2.24, 2.45) is 0 Å². The number of ether oxygens (including phenoxy) is 1. The van der Waals surface area contributed by atoms with E-state index in [2.05, 4.69) is 36.2 Å². The van der Waals surface area contributed by atoms with Crippen molar-refractivity contribution < 1.29 is 18.3 Å². The van der Waals surface area contributed by atoms with E-state index in [0.717, 1.165) is 0 Å².